The van der Waals surface area contributed by atoms with Crippen molar-refractivity contribution in [2.45, 2.75) is 71.1 Å². The van der Waals surface area contributed by atoms with E-state index in [0.717, 1.165) is 111 Å². The number of hydrogen-bond acceptors (Lipinski definition) is 9. The van der Waals surface area contributed by atoms with E-state index >= 15 is 0 Å². The molecule has 0 spiro atoms. The summed E-state index contributed by atoms with van der Waals surface area (Å²) >= 11 is 1.47. The molecule has 2 aliphatic rings. The molecule has 4 amide bonds. The van der Waals surface area contributed by atoms with Gasteiger partial charge in [-0.2, -0.15) is 0 Å². The zero-order chi connectivity index (χ0) is 46.4. The Kier molecular flexibility index (Phi) is 16.7. The van der Waals surface area contributed by atoms with E-state index in [1.807, 2.05) is 44.7 Å². The van der Waals surface area contributed by atoms with Crippen molar-refractivity contribution in [2.24, 2.45) is 11.8 Å². The minimum atomic E-state index is -0.331. The van der Waals surface area contributed by atoms with Crippen LogP contribution in [0.25, 0.3) is 15.7 Å². The Hall–Kier alpha value is -6.35. The number of likely N-dealkylation sites (tertiary alicyclic amines) is 2. The molecule has 6 aromatic rings. The minimum absolute atomic E-state index is 0.00852. The van der Waals surface area contributed by atoms with Crippen LogP contribution in [0.3, 0.4) is 0 Å². The molecule has 2 N–H and O–H groups in total. The third kappa shape index (κ3) is 12.3. The highest BCUT2D eigenvalue weighted by Crippen LogP contribution is 2.33. The highest BCUT2D eigenvalue weighted by molar-refractivity contribution is 7.20. The summed E-state index contributed by atoms with van der Waals surface area (Å²) in [6, 6.07) is 17.6. The summed E-state index contributed by atoms with van der Waals surface area (Å²) in [5.41, 5.74) is 2.99. The molecule has 66 heavy (non-hydrogen) atoms. The number of piperidine rings is 2. The number of nitrogens with zero attached hydrogens (tertiary/aromatic N) is 5. The number of amides is 4. The number of rotatable bonds is 16. The Morgan fingerprint density at radius 3 is 2.08 bits per heavy atom. The molecule has 6 heterocycles. The number of pyridine rings is 2. The maximum Gasteiger partial charge on any atom is 0.261 e. The molecule has 0 bridgehead atoms. The van der Waals surface area contributed by atoms with E-state index in [-0.39, 0.29) is 29.4 Å². The normalized spacial score (nSPS) is 14.4. The Morgan fingerprint density at radius 1 is 0.758 bits per heavy atom. The fourth-order valence-electron chi connectivity index (χ4n) is 8.74. The summed E-state index contributed by atoms with van der Waals surface area (Å²) < 4.78 is 27.4. The number of halogens is 1. The number of carbonyl (C=O) groups is 4. The molecule has 0 atom stereocenters. The van der Waals surface area contributed by atoms with Crippen molar-refractivity contribution in [3.05, 3.63) is 125 Å². The van der Waals surface area contributed by atoms with E-state index in [1.54, 1.807) is 76.3 Å². The minimum Gasteiger partial charge on any atom is -0.493 e. The average molecular weight is 918 g/mol. The smallest absolute Gasteiger partial charge is 0.261 e. The number of hydrogen-bond donors (Lipinski definition) is 2. The van der Waals surface area contributed by atoms with Crippen LogP contribution in [0.2, 0.25) is 0 Å². The molecule has 2 aromatic carbocycles. The van der Waals surface area contributed by atoms with Gasteiger partial charge in [-0.15, -0.1) is 11.3 Å². The standard InChI is InChI=1S/C26H32N4O4.C25H28FN3O2S/c1-33-22-8-5-7-21(24(22)34-2)26(32)29-15-11-19(12-16-29)6-3-4-13-28-25(31)20-9-10-23-27-14-17-30(23)18-20;1-17-5-6-20(14-21(17)26)25(31)29-12-8-18(9-13-29)4-2-3-10-28-24(30)22-15-19-7-11-27-16-23(19)32-22/h5,7-10,14,17-19H,3-4,6,11-13,15-16H2,1-2H3,(H,28,31);5-7,11,14-16,18H,2-4,8-10,12-13H2,1H3,(H,28,30). The van der Waals surface area contributed by atoms with Crippen LogP contribution in [0.4, 0.5) is 4.39 Å². The molecule has 0 radical (unpaired) electrons. The largest absolute Gasteiger partial charge is 0.493 e. The molecule has 13 nitrogen and oxygen atoms in total. The fraction of sp³-hybridized carbons (Fsp3) is 0.412. The Labute approximate surface area is 389 Å². The predicted molar refractivity (Wildman–Crippen MR) is 255 cm³/mol. The van der Waals surface area contributed by atoms with E-state index < -0.39 is 0 Å². The summed E-state index contributed by atoms with van der Waals surface area (Å²) in [5, 5.41) is 7.07. The maximum atomic E-state index is 13.8. The summed E-state index contributed by atoms with van der Waals surface area (Å²) in [6.45, 7) is 5.96. The van der Waals surface area contributed by atoms with E-state index in [9.17, 15) is 23.6 Å². The van der Waals surface area contributed by atoms with E-state index in [2.05, 4.69) is 20.6 Å². The lowest BCUT2D eigenvalue weighted by Crippen LogP contribution is -2.38. The Balaban J connectivity index is 0.000000197. The van der Waals surface area contributed by atoms with Crippen molar-refractivity contribution in [3.63, 3.8) is 0 Å². The van der Waals surface area contributed by atoms with Crippen LogP contribution in [0, 0.1) is 24.6 Å². The zero-order valence-corrected chi connectivity index (χ0v) is 38.9. The molecule has 4 aromatic heterocycles. The first kappa shape index (κ1) is 47.6. The molecule has 0 unspecified atom stereocenters. The summed E-state index contributed by atoms with van der Waals surface area (Å²) in [5.74, 6) is 1.76. The van der Waals surface area contributed by atoms with Gasteiger partial charge in [0.1, 0.15) is 11.5 Å². The van der Waals surface area contributed by atoms with Gasteiger partial charge in [0.25, 0.3) is 23.6 Å². The van der Waals surface area contributed by atoms with Crippen LogP contribution in [-0.4, -0.2) is 101 Å². The molecule has 0 aliphatic carbocycles. The number of imidazole rings is 1. The number of fused-ring (bicyclic) bond motifs is 2. The molecule has 2 aliphatic heterocycles. The van der Waals surface area contributed by atoms with Crippen molar-refractivity contribution < 1.29 is 33.0 Å². The number of unbranched alkanes of at least 4 members (excludes halogenated alkanes) is 2. The van der Waals surface area contributed by atoms with Gasteiger partial charge in [0.2, 0.25) is 0 Å². The van der Waals surface area contributed by atoms with Crippen LogP contribution >= 0.6 is 11.3 Å². The number of benzene rings is 2. The number of nitrogens with one attached hydrogen (secondary N) is 2. The number of aryl methyl sites for hydroxylation is 1. The molecule has 2 fully saturated rings. The zero-order valence-electron chi connectivity index (χ0n) is 38.1. The lowest BCUT2D eigenvalue weighted by atomic mass is 9.91. The second-order valence-corrected chi connectivity index (χ2v) is 18.2. The van der Waals surface area contributed by atoms with Crippen LogP contribution in [0.15, 0.2) is 91.6 Å². The van der Waals surface area contributed by atoms with Gasteiger partial charge in [-0.3, -0.25) is 24.2 Å². The molecule has 15 heteroatoms. The van der Waals surface area contributed by atoms with E-state index in [4.69, 9.17) is 9.47 Å². The van der Waals surface area contributed by atoms with Gasteiger partial charge in [-0.05, 0) is 117 Å². The van der Waals surface area contributed by atoms with Crippen LogP contribution < -0.4 is 20.1 Å². The first-order valence-corrected chi connectivity index (χ1v) is 23.8. The van der Waals surface area contributed by atoms with Gasteiger partial charge >= 0.3 is 0 Å². The maximum absolute atomic E-state index is 13.8. The van der Waals surface area contributed by atoms with Crippen LogP contribution in [0.1, 0.15) is 111 Å². The highest BCUT2D eigenvalue weighted by atomic mass is 32.1. The fourth-order valence-corrected chi connectivity index (χ4v) is 9.69. The molecular formula is C51H60FN7O6S. The SMILES string of the molecule is COc1cccc(C(=O)N2CCC(CCCCNC(=O)c3ccc4nccn4c3)CC2)c1OC.Cc1ccc(C(=O)N2CCC(CCCCNC(=O)c3cc4ccncc4s3)CC2)cc1F. The summed E-state index contributed by atoms with van der Waals surface area (Å²) in [4.78, 5) is 63.1. The summed E-state index contributed by atoms with van der Waals surface area (Å²) in [7, 11) is 3.13. The first-order valence-electron chi connectivity index (χ1n) is 23.0. The van der Waals surface area contributed by atoms with Crippen molar-refractivity contribution in [1.29, 1.82) is 0 Å². The quantitative estimate of drug-likeness (QED) is 0.0915. The molecule has 8 rings (SSSR count). The average Bonchev–Trinajstić information content (AvgIpc) is 4.02. The van der Waals surface area contributed by atoms with Crippen molar-refractivity contribution >= 4 is 50.7 Å². The second kappa shape index (κ2) is 23.2. The van der Waals surface area contributed by atoms with Crippen LogP contribution in [0.5, 0.6) is 11.5 Å². The molecule has 348 valence electrons. The third-order valence-corrected chi connectivity index (χ3v) is 13.8. The third-order valence-electron chi connectivity index (χ3n) is 12.7. The number of para-hydroxylation sites is 1. The summed E-state index contributed by atoms with van der Waals surface area (Å²) in [6.07, 6.45) is 19.0. The van der Waals surface area contributed by atoms with Gasteiger partial charge in [-0.1, -0.05) is 37.8 Å². The van der Waals surface area contributed by atoms with Crippen molar-refractivity contribution in [2.75, 3.05) is 53.5 Å². The number of aromatic nitrogens is 3. The molecular weight excluding hydrogens is 858 g/mol. The van der Waals surface area contributed by atoms with Crippen molar-refractivity contribution in [3.8, 4) is 11.5 Å². The van der Waals surface area contributed by atoms with Crippen LogP contribution in [-0.2, 0) is 0 Å². The molecule has 2 saturated heterocycles. The Morgan fingerprint density at radius 2 is 1.42 bits per heavy atom. The second-order valence-electron chi connectivity index (χ2n) is 17.1. The topological polar surface area (TPSA) is 147 Å². The number of thiophene rings is 1. The van der Waals surface area contributed by atoms with E-state index in [1.165, 1.54) is 17.4 Å². The highest BCUT2D eigenvalue weighted by Gasteiger charge is 2.27. The molecule has 0 saturated carbocycles. The number of methoxy groups -OCH3 is 2. The first-order chi connectivity index (χ1) is 32.1. The van der Waals surface area contributed by atoms with Gasteiger partial charge in [0, 0.05) is 75.8 Å². The lowest BCUT2D eigenvalue weighted by molar-refractivity contribution is 0.0675. The van der Waals surface area contributed by atoms with Crippen molar-refractivity contribution in [1.82, 2.24) is 34.8 Å². The van der Waals surface area contributed by atoms with Gasteiger partial charge < -0.3 is 34.3 Å². The van der Waals surface area contributed by atoms with Gasteiger partial charge in [-0.25, -0.2) is 9.37 Å². The van der Waals surface area contributed by atoms with Gasteiger partial charge in [0.05, 0.1) is 34.9 Å². The monoisotopic (exact) mass is 917 g/mol. The predicted octanol–water partition coefficient (Wildman–Crippen LogP) is 9.00. The van der Waals surface area contributed by atoms with Gasteiger partial charge in [0.15, 0.2) is 11.5 Å². The number of ether oxygens (including phenoxy) is 2. The Bertz CT molecular complexity index is 2560. The van der Waals surface area contributed by atoms with E-state index in [0.29, 0.717) is 58.7 Å². The lowest BCUT2D eigenvalue weighted by Gasteiger charge is -2.32. The number of carbonyl (C=O) groups excluding carboxylic acids is 4.